The maximum Gasteiger partial charge on any atom is 0.244 e. The Morgan fingerprint density at radius 3 is 2.55 bits per heavy atom. The van der Waals surface area contributed by atoms with Gasteiger partial charge in [0, 0.05) is 26.5 Å². The first-order valence-electron chi connectivity index (χ1n) is 6.04. The van der Waals surface area contributed by atoms with Crippen LogP contribution in [0.25, 0.3) is 0 Å². The van der Waals surface area contributed by atoms with Gasteiger partial charge in [0.25, 0.3) is 0 Å². The van der Waals surface area contributed by atoms with Crippen LogP contribution in [0.4, 0.5) is 5.82 Å². The molecule has 0 bridgehead atoms. The van der Waals surface area contributed by atoms with Gasteiger partial charge in [0.15, 0.2) is 0 Å². The smallest absolute Gasteiger partial charge is 0.244 e. The summed E-state index contributed by atoms with van der Waals surface area (Å²) in [5, 5.41) is 2.85. The second-order valence-corrected chi connectivity index (χ2v) is 6.26. The van der Waals surface area contributed by atoms with Crippen molar-refractivity contribution in [3.8, 4) is 0 Å². The van der Waals surface area contributed by atoms with E-state index in [1.807, 2.05) is 6.07 Å². The molecular weight excluding hydrogens is 276 g/mol. The minimum atomic E-state index is -3.56. The number of hydrogen-bond donors (Lipinski definition) is 1. The SMILES string of the molecule is CNc1ccc(S(=O)(=O)N(C)Cc2ccccn2)cn1. The highest BCUT2D eigenvalue weighted by Gasteiger charge is 2.21. The van der Waals surface area contributed by atoms with Crippen molar-refractivity contribution in [2.24, 2.45) is 0 Å². The summed E-state index contributed by atoms with van der Waals surface area (Å²) < 4.78 is 26.0. The molecule has 0 fully saturated rings. The first-order chi connectivity index (χ1) is 9.54. The second-order valence-electron chi connectivity index (χ2n) is 4.21. The largest absolute Gasteiger partial charge is 0.373 e. The van der Waals surface area contributed by atoms with Crippen LogP contribution in [0, 0.1) is 0 Å². The van der Waals surface area contributed by atoms with Crippen molar-refractivity contribution in [1.29, 1.82) is 0 Å². The number of aromatic nitrogens is 2. The summed E-state index contributed by atoms with van der Waals surface area (Å²) in [5.41, 5.74) is 0.693. The highest BCUT2D eigenvalue weighted by Crippen LogP contribution is 2.16. The fourth-order valence-corrected chi connectivity index (χ4v) is 2.75. The first kappa shape index (κ1) is 14.4. The standard InChI is InChI=1S/C13H16N4O2S/c1-14-13-7-6-12(9-16-13)20(18,19)17(2)10-11-5-3-4-8-15-11/h3-9H,10H2,1-2H3,(H,14,16). The molecule has 0 saturated heterocycles. The van der Waals surface area contributed by atoms with E-state index in [-0.39, 0.29) is 11.4 Å². The average molecular weight is 292 g/mol. The van der Waals surface area contributed by atoms with Gasteiger partial charge in [-0.2, -0.15) is 4.31 Å². The minimum Gasteiger partial charge on any atom is -0.373 e. The Labute approximate surface area is 118 Å². The van der Waals surface area contributed by atoms with E-state index in [1.165, 1.54) is 23.6 Å². The van der Waals surface area contributed by atoms with E-state index >= 15 is 0 Å². The number of anilines is 1. The molecule has 0 spiro atoms. The summed E-state index contributed by atoms with van der Waals surface area (Å²) in [4.78, 5) is 8.30. The Morgan fingerprint density at radius 1 is 1.20 bits per heavy atom. The van der Waals surface area contributed by atoms with Crippen LogP contribution in [0.1, 0.15) is 5.69 Å². The average Bonchev–Trinajstić information content (AvgIpc) is 2.48. The van der Waals surface area contributed by atoms with Crippen LogP contribution >= 0.6 is 0 Å². The van der Waals surface area contributed by atoms with Crippen molar-refractivity contribution in [2.75, 3.05) is 19.4 Å². The van der Waals surface area contributed by atoms with Gasteiger partial charge in [0.05, 0.1) is 12.2 Å². The normalized spacial score (nSPS) is 11.6. The predicted molar refractivity (Wildman–Crippen MR) is 76.7 cm³/mol. The molecule has 0 aromatic carbocycles. The number of rotatable bonds is 5. The number of nitrogens with zero attached hydrogens (tertiary/aromatic N) is 3. The first-order valence-corrected chi connectivity index (χ1v) is 7.48. The van der Waals surface area contributed by atoms with Gasteiger partial charge in [0.2, 0.25) is 10.0 Å². The fraction of sp³-hybridized carbons (Fsp3) is 0.231. The summed E-state index contributed by atoms with van der Waals surface area (Å²) >= 11 is 0. The zero-order valence-electron chi connectivity index (χ0n) is 11.3. The Hall–Kier alpha value is -1.99. The Bertz CT molecular complexity index is 657. The van der Waals surface area contributed by atoms with E-state index in [4.69, 9.17) is 0 Å². The van der Waals surface area contributed by atoms with Gasteiger partial charge in [-0.05, 0) is 24.3 Å². The molecule has 0 amide bonds. The van der Waals surface area contributed by atoms with E-state index in [9.17, 15) is 8.42 Å². The van der Waals surface area contributed by atoms with Crippen molar-refractivity contribution in [3.63, 3.8) is 0 Å². The summed E-state index contributed by atoms with van der Waals surface area (Å²) in [6.45, 7) is 0.219. The van der Waals surface area contributed by atoms with E-state index in [0.717, 1.165) is 0 Å². The molecule has 1 N–H and O–H groups in total. The molecule has 0 atom stereocenters. The summed E-state index contributed by atoms with van der Waals surface area (Å²) in [6.07, 6.45) is 2.98. The van der Waals surface area contributed by atoms with Crippen molar-refractivity contribution in [2.45, 2.75) is 11.4 Å². The lowest BCUT2D eigenvalue weighted by Gasteiger charge is -2.16. The molecule has 2 heterocycles. The Kier molecular flexibility index (Phi) is 4.31. The lowest BCUT2D eigenvalue weighted by molar-refractivity contribution is 0.462. The monoisotopic (exact) mass is 292 g/mol. The third-order valence-corrected chi connectivity index (χ3v) is 4.60. The summed E-state index contributed by atoms with van der Waals surface area (Å²) in [7, 11) is -0.309. The van der Waals surface area contributed by atoms with Crippen LogP contribution in [0.2, 0.25) is 0 Å². The molecule has 2 aromatic rings. The van der Waals surface area contributed by atoms with Crippen molar-refractivity contribution >= 4 is 15.8 Å². The zero-order chi connectivity index (χ0) is 14.6. The van der Waals surface area contributed by atoms with Gasteiger partial charge in [0.1, 0.15) is 10.7 Å². The van der Waals surface area contributed by atoms with E-state index in [0.29, 0.717) is 11.5 Å². The van der Waals surface area contributed by atoms with Gasteiger partial charge in [-0.25, -0.2) is 13.4 Å². The lowest BCUT2D eigenvalue weighted by atomic mass is 10.3. The fourth-order valence-electron chi connectivity index (χ4n) is 1.67. The highest BCUT2D eigenvalue weighted by atomic mass is 32.2. The highest BCUT2D eigenvalue weighted by molar-refractivity contribution is 7.89. The molecule has 0 unspecified atom stereocenters. The van der Waals surface area contributed by atoms with Crippen LogP contribution < -0.4 is 5.32 Å². The third kappa shape index (κ3) is 3.12. The number of hydrogen-bond acceptors (Lipinski definition) is 5. The molecule has 20 heavy (non-hydrogen) atoms. The van der Waals surface area contributed by atoms with Gasteiger partial charge >= 0.3 is 0 Å². The van der Waals surface area contributed by atoms with Crippen LogP contribution in [0.5, 0.6) is 0 Å². The summed E-state index contributed by atoms with van der Waals surface area (Å²) in [6, 6.07) is 8.56. The predicted octanol–water partition coefficient (Wildman–Crippen LogP) is 1.34. The topological polar surface area (TPSA) is 75.2 Å². The van der Waals surface area contributed by atoms with Gasteiger partial charge in [-0.1, -0.05) is 6.07 Å². The van der Waals surface area contributed by atoms with E-state index in [1.54, 1.807) is 31.4 Å². The molecule has 0 aliphatic carbocycles. The van der Waals surface area contributed by atoms with Crippen molar-refractivity contribution in [1.82, 2.24) is 14.3 Å². The Morgan fingerprint density at radius 2 is 2.00 bits per heavy atom. The Balaban J connectivity index is 2.20. The summed E-state index contributed by atoms with van der Waals surface area (Å²) in [5.74, 6) is 0.622. The number of sulfonamides is 1. The molecule has 0 saturated carbocycles. The number of nitrogens with one attached hydrogen (secondary N) is 1. The zero-order valence-corrected chi connectivity index (χ0v) is 12.1. The van der Waals surface area contributed by atoms with Gasteiger partial charge in [-0.15, -0.1) is 0 Å². The van der Waals surface area contributed by atoms with Crippen molar-refractivity contribution in [3.05, 3.63) is 48.4 Å². The van der Waals surface area contributed by atoms with Crippen LogP contribution in [-0.2, 0) is 16.6 Å². The molecule has 0 radical (unpaired) electrons. The molecule has 2 rings (SSSR count). The van der Waals surface area contributed by atoms with Crippen LogP contribution in [-0.4, -0.2) is 36.8 Å². The molecular formula is C13H16N4O2S. The maximum absolute atomic E-state index is 12.4. The molecule has 0 aliphatic heterocycles. The minimum absolute atomic E-state index is 0.162. The van der Waals surface area contributed by atoms with Crippen LogP contribution in [0.3, 0.4) is 0 Å². The quantitative estimate of drug-likeness (QED) is 0.900. The molecule has 6 nitrogen and oxygen atoms in total. The molecule has 106 valence electrons. The van der Waals surface area contributed by atoms with Gasteiger partial charge < -0.3 is 5.32 Å². The number of pyridine rings is 2. The third-order valence-electron chi connectivity index (χ3n) is 2.81. The molecule has 2 aromatic heterocycles. The van der Waals surface area contributed by atoms with Gasteiger partial charge in [-0.3, -0.25) is 4.98 Å². The van der Waals surface area contributed by atoms with E-state index < -0.39 is 10.0 Å². The van der Waals surface area contributed by atoms with Crippen molar-refractivity contribution < 1.29 is 8.42 Å². The maximum atomic E-state index is 12.4. The van der Waals surface area contributed by atoms with E-state index in [2.05, 4.69) is 15.3 Å². The molecule has 0 aliphatic rings. The van der Waals surface area contributed by atoms with Crippen LogP contribution in [0.15, 0.2) is 47.6 Å². The molecule has 7 heteroatoms. The lowest BCUT2D eigenvalue weighted by Crippen LogP contribution is -2.27. The second kappa shape index (κ2) is 5.98.